The van der Waals surface area contributed by atoms with Crippen molar-refractivity contribution in [3.8, 4) is 5.75 Å². The molecule has 0 fully saturated rings. The lowest BCUT2D eigenvalue weighted by molar-refractivity contribution is -0.153. The Morgan fingerprint density at radius 3 is 2.70 bits per heavy atom. The maximum absolute atomic E-state index is 12.2. The van der Waals surface area contributed by atoms with Gasteiger partial charge in [0.25, 0.3) is 0 Å². The maximum atomic E-state index is 12.2. The SMILES string of the molecule is Cn1cncc1CNc1ccccc1OCC(F)(F)F. The molecule has 0 saturated heterocycles. The zero-order chi connectivity index (χ0) is 14.6. The summed E-state index contributed by atoms with van der Waals surface area (Å²) in [6, 6.07) is 6.52. The predicted octanol–water partition coefficient (Wildman–Crippen LogP) is 2.97. The molecule has 0 spiro atoms. The predicted molar refractivity (Wildman–Crippen MR) is 68.5 cm³/mol. The number of para-hydroxylation sites is 2. The average molecular weight is 285 g/mol. The molecule has 0 unspecified atom stereocenters. The van der Waals surface area contributed by atoms with E-state index >= 15 is 0 Å². The molecule has 0 aliphatic carbocycles. The van der Waals surface area contributed by atoms with Crippen molar-refractivity contribution in [1.82, 2.24) is 9.55 Å². The number of ether oxygens (including phenoxy) is 1. The Bertz CT molecular complexity index is 566. The first-order valence-electron chi connectivity index (χ1n) is 5.93. The normalized spacial score (nSPS) is 11.4. The third-order valence-electron chi connectivity index (χ3n) is 2.65. The third kappa shape index (κ3) is 3.91. The van der Waals surface area contributed by atoms with E-state index in [1.54, 1.807) is 30.7 Å². The van der Waals surface area contributed by atoms with Crippen LogP contribution in [0.25, 0.3) is 0 Å². The average Bonchev–Trinajstić information content (AvgIpc) is 2.79. The Balaban J connectivity index is 2.02. The zero-order valence-electron chi connectivity index (χ0n) is 10.8. The number of aryl methyl sites for hydroxylation is 1. The molecule has 0 saturated carbocycles. The van der Waals surface area contributed by atoms with Crippen LogP contribution in [-0.4, -0.2) is 22.3 Å². The van der Waals surface area contributed by atoms with E-state index in [2.05, 4.69) is 10.3 Å². The number of alkyl halides is 3. The quantitative estimate of drug-likeness (QED) is 0.918. The summed E-state index contributed by atoms with van der Waals surface area (Å²) >= 11 is 0. The fourth-order valence-corrected chi connectivity index (χ4v) is 1.64. The fraction of sp³-hybridized carbons (Fsp3) is 0.308. The van der Waals surface area contributed by atoms with Gasteiger partial charge in [0.1, 0.15) is 5.75 Å². The van der Waals surface area contributed by atoms with Crippen LogP contribution in [0.3, 0.4) is 0 Å². The summed E-state index contributed by atoms with van der Waals surface area (Å²) in [5.41, 5.74) is 1.42. The second-order valence-corrected chi connectivity index (χ2v) is 4.25. The second-order valence-electron chi connectivity index (χ2n) is 4.25. The lowest BCUT2D eigenvalue weighted by Gasteiger charge is -2.14. The highest BCUT2D eigenvalue weighted by Crippen LogP contribution is 2.26. The molecule has 108 valence electrons. The van der Waals surface area contributed by atoms with Gasteiger partial charge in [-0.25, -0.2) is 4.98 Å². The van der Waals surface area contributed by atoms with Gasteiger partial charge in [-0.2, -0.15) is 13.2 Å². The number of hydrogen-bond acceptors (Lipinski definition) is 3. The van der Waals surface area contributed by atoms with Gasteiger partial charge in [-0.3, -0.25) is 0 Å². The van der Waals surface area contributed by atoms with E-state index in [9.17, 15) is 13.2 Å². The molecule has 1 aromatic carbocycles. The number of rotatable bonds is 5. The molecule has 4 nitrogen and oxygen atoms in total. The molecule has 0 radical (unpaired) electrons. The Hall–Kier alpha value is -2.18. The van der Waals surface area contributed by atoms with Crippen molar-refractivity contribution in [2.24, 2.45) is 7.05 Å². The Labute approximate surface area is 114 Å². The minimum absolute atomic E-state index is 0.173. The van der Waals surface area contributed by atoms with Crippen LogP contribution in [0.5, 0.6) is 5.75 Å². The van der Waals surface area contributed by atoms with E-state index in [4.69, 9.17) is 4.74 Å². The zero-order valence-corrected chi connectivity index (χ0v) is 10.8. The molecule has 0 amide bonds. The molecule has 1 heterocycles. The van der Waals surface area contributed by atoms with E-state index in [0.717, 1.165) is 5.69 Å². The molecule has 2 aromatic rings. The smallest absolute Gasteiger partial charge is 0.422 e. The molecule has 7 heteroatoms. The number of hydrogen-bond donors (Lipinski definition) is 1. The van der Waals surface area contributed by atoms with Gasteiger partial charge >= 0.3 is 6.18 Å². The van der Waals surface area contributed by atoms with E-state index in [1.807, 2.05) is 11.6 Å². The molecule has 0 bridgehead atoms. The monoisotopic (exact) mass is 285 g/mol. The Morgan fingerprint density at radius 2 is 2.05 bits per heavy atom. The lowest BCUT2D eigenvalue weighted by atomic mass is 10.3. The summed E-state index contributed by atoms with van der Waals surface area (Å²) in [7, 11) is 1.84. The van der Waals surface area contributed by atoms with Crippen molar-refractivity contribution in [3.05, 3.63) is 42.5 Å². The highest BCUT2D eigenvalue weighted by Gasteiger charge is 2.28. The molecule has 1 N–H and O–H groups in total. The van der Waals surface area contributed by atoms with Crippen LogP contribution < -0.4 is 10.1 Å². The number of imidazole rings is 1. The van der Waals surface area contributed by atoms with Gasteiger partial charge < -0.3 is 14.6 Å². The second kappa shape index (κ2) is 5.85. The standard InChI is InChI=1S/C13H14F3N3O/c1-19-9-17-6-10(19)7-18-11-4-2-3-5-12(11)20-8-13(14,15)16/h2-6,9,18H,7-8H2,1H3. The number of nitrogens with zero attached hydrogens (tertiary/aromatic N) is 2. The minimum Gasteiger partial charge on any atom is -0.482 e. The highest BCUT2D eigenvalue weighted by molar-refractivity contribution is 5.56. The van der Waals surface area contributed by atoms with Crippen molar-refractivity contribution in [2.75, 3.05) is 11.9 Å². The largest absolute Gasteiger partial charge is 0.482 e. The summed E-state index contributed by atoms with van der Waals surface area (Å²) in [4.78, 5) is 3.97. The van der Waals surface area contributed by atoms with E-state index in [-0.39, 0.29) is 5.75 Å². The maximum Gasteiger partial charge on any atom is 0.422 e. The molecule has 1 aromatic heterocycles. The summed E-state index contributed by atoms with van der Waals surface area (Å²) in [5.74, 6) is 0.173. The first-order valence-corrected chi connectivity index (χ1v) is 5.93. The van der Waals surface area contributed by atoms with Crippen LogP contribution in [0.15, 0.2) is 36.8 Å². The van der Waals surface area contributed by atoms with Gasteiger partial charge in [-0.05, 0) is 12.1 Å². The number of aromatic nitrogens is 2. The summed E-state index contributed by atoms with van der Waals surface area (Å²) in [5, 5.41) is 3.04. The van der Waals surface area contributed by atoms with E-state index in [1.165, 1.54) is 6.07 Å². The van der Waals surface area contributed by atoms with Crippen LogP contribution in [0.1, 0.15) is 5.69 Å². The van der Waals surface area contributed by atoms with Crippen LogP contribution in [0.4, 0.5) is 18.9 Å². The van der Waals surface area contributed by atoms with Crippen molar-refractivity contribution in [2.45, 2.75) is 12.7 Å². The van der Waals surface area contributed by atoms with Crippen molar-refractivity contribution >= 4 is 5.69 Å². The molecule has 20 heavy (non-hydrogen) atoms. The lowest BCUT2D eigenvalue weighted by Crippen LogP contribution is -2.19. The number of anilines is 1. The van der Waals surface area contributed by atoms with Crippen molar-refractivity contribution in [1.29, 1.82) is 0 Å². The topological polar surface area (TPSA) is 39.1 Å². The first-order chi connectivity index (χ1) is 9.46. The third-order valence-corrected chi connectivity index (χ3v) is 2.65. The molecule has 0 aliphatic rings. The van der Waals surface area contributed by atoms with Crippen molar-refractivity contribution < 1.29 is 17.9 Å². The molecule has 0 atom stereocenters. The Kier molecular flexibility index (Phi) is 4.16. The summed E-state index contributed by atoms with van der Waals surface area (Å²) < 4.78 is 43.2. The van der Waals surface area contributed by atoms with Crippen molar-refractivity contribution in [3.63, 3.8) is 0 Å². The molecule has 0 aliphatic heterocycles. The highest BCUT2D eigenvalue weighted by atomic mass is 19.4. The van der Waals surface area contributed by atoms with Gasteiger partial charge in [-0.1, -0.05) is 12.1 Å². The molecule has 2 rings (SSSR count). The summed E-state index contributed by atoms with van der Waals surface area (Å²) in [6.07, 6.45) is -1.01. The van der Waals surface area contributed by atoms with Gasteiger partial charge in [0.2, 0.25) is 0 Å². The van der Waals surface area contributed by atoms with Gasteiger partial charge in [-0.15, -0.1) is 0 Å². The van der Waals surface area contributed by atoms with Gasteiger partial charge in [0.15, 0.2) is 6.61 Å². The summed E-state index contributed by atoms with van der Waals surface area (Å²) in [6.45, 7) is -0.861. The minimum atomic E-state index is -4.35. The molecular formula is C13H14F3N3O. The van der Waals surface area contributed by atoms with Crippen LogP contribution in [0, 0.1) is 0 Å². The number of nitrogens with one attached hydrogen (secondary N) is 1. The Morgan fingerprint density at radius 1 is 1.30 bits per heavy atom. The number of halogens is 3. The number of benzene rings is 1. The van der Waals surface area contributed by atoms with Gasteiger partial charge in [0.05, 0.1) is 24.3 Å². The fourth-order valence-electron chi connectivity index (χ4n) is 1.64. The van der Waals surface area contributed by atoms with E-state index in [0.29, 0.717) is 12.2 Å². The first kappa shape index (κ1) is 14.2. The van der Waals surface area contributed by atoms with Gasteiger partial charge in [0, 0.05) is 13.2 Å². The van der Waals surface area contributed by atoms with Crippen LogP contribution >= 0.6 is 0 Å². The van der Waals surface area contributed by atoms with E-state index < -0.39 is 12.8 Å². The molecular weight excluding hydrogens is 271 g/mol. The van der Waals surface area contributed by atoms with Crippen LogP contribution in [-0.2, 0) is 13.6 Å². The van der Waals surface area contributed by atoms with Crippen LogP contribution in [0.2, 0.25) is 0 Å².